The fourth-order valence-corrected chi connectivity index (χ4v) is 1.72. The molecule has 0 amide bonds. The van der Waals surface area contributed by atoms with E-state index in [1.54, 1.807) is 19.1 Å². The lowest BCUT2D eigenvalue weighted by Gasteiger charge is -2.18. The van der Waals surface area contributed by atoms with Crippen LogP contribution >= 0.6 is 0 Å². The van der Waals surface area contributed by atoms with Crippen molar-refractivity contribution in [1.29, 1.82) is 0 Å². The molecule has 0 fully saturated rings. The Morgan fingerprint density at radius 2 is 1.89 bits per heavy atom. The molecule has 0 saturated heterocycles. The van der Waals surface area contributed by atoms with Crippen LogP contribution in [0.4, 0.5) is 0 Å². The van der Waals surface area contributed by atoms with E-state index in [2.05, 4.69) is 6.58 Å². The van der Waals surface area contributed by atoms with Crippen LogP contribution in [0.15, 0.2) is 24.8 Å². The van der Waals surface area contributed by atoms with Gasteiger partial charge in [0.25, 0.3) is 0 Å². The number of carbonyl (C=O) groups excluding carboxylic acids is 2. The Labute approximate surface area is 113 Å². The molecule has 0 bridgehead atoms. The van der Waals surface area contributed by atoms with Crippen molar-refractivity contribution in [2.45, 2.75) is 34.0 Å². The molecule has 1 atom stereocenters. The third-order valence-electron chi connectivity index (χ3n) is 2.86. The zero-order chi connectivity index (χ0) is 14.6. The number of benzene rings is 1. The molecule has 1 aromatic carbocycles. The predicted octanol–water partition coefficient (Wildman–Crippen LogP) is 2.96. The lowest BCUT2D eigenvalue weighted by atomic mass is 10.00. The van der Waals surface area contributed by atoms with Crippen molar-refractivity contribution in [3.05, 3.63) is 41.5 Å². The molecule has 0 aliphatic carbocycles. The van der Waals surface area contributed by atoms with Gasteiger partial charge in [-0.05, 0) is 44.0 Å². The molecule has 1 unspecified atom stereocenters. The summed E-state index contributed by atoms with van der Waals surface area (Å²) >= 11 is 0. The number of hydrogen-bond acceptors (Lipinski definition) is 4. The maximum absolute atomic E-state index is 11.4. The molecule has 1 rings (SSSR count). The number of esters is 1. The van der Waals surface area contributed by atoms with Crippen LogP contribution in [-0.2, 0) is 9.53 Å². The minimum absolute atomic E-state index is 0.0123. The van der Waals surface area contributed by atoms with Crippen molar-refractivity contribution >= 4 is 11.8 Å². The van der Waals surface area contributed by atoms with Gasteiger partial charge >= 0.3 is 5.97 Å². The van der Waals surface area contributed by atoms with E-state index in [1.807, 2.05) is 13.8 Å². The van der Waals surface area contributed by atoms with Gasteiger partial charge < -0.3 is 9.47 Å². The third-order valence-corrected chi connectivity index (χ3v) is 2.86. The van der Waals surface area contributed by atoms with Gasteiger partial charge in [-0.3, -0.25) is 4.79 Å². The molecule has 0 spiro atoms. The first-order valence-corrected chi connectivity index (χ1v) is 5.97. The SMILES string of the molecule is C=CC(=O)OC(C)Oc1ccc(C(C)=O)c(C)c1C. The largest absolute Gasteiger partial charge is 0.455 e. The van der Waals surface area contributed by atoms with Crippen molar-refractivity contribution < 1.29 is 19.1 Å². The normalized spacial score (nSPS) is 11.6. The summed E-state index contributed by atoms with van der Waals surface area (Å²) in [7, 11) is 0. The number of Topliss-reactive ketones (excluding diaryl/α,β-unsaturated/α-hetero) is 1. The molecule has 0 radical (unpaired) electrons. The van der Waals surface area contributed by atoms with Crippen molar-refractivity contribution in [2.24, 2.45) is 0 Å². The van der Waals surface area contributed by atoms with Gasteiger partial charge in [0.2, 0.25) is 6.29 Å². The van der Waals surface area contributed by atoms with Crippen LogP contribution in [0.3, 0.4) is 0 Å². The van der Waals surface area contributed by atoms with E-state index in [9.17, 15) is 9.59 Å². The van der Waals surface area contributed by atoms with E-state index in [0.29, 0.717) is 11.3 Å². The molecule has 4 heteroatoms. The van der Waals surface area contributed by atoms with Gasteiger partial charge in [0.15, 0.2) is 5.78 Å². The highest BCUT2D eigenvalue weighted by atomic mass is 16.7. The fourth-order valence-electron chi connectivity index (χ4n) is 1.72. The van der Waals surface area contributed by atoms with Gasteiger partial charge in [-0.15, -0.1) is 0 Å². The van der Waals surface area contributed by atoms with Gasteiger partial charge in [-0.25, -0.2) is 4.79 Å². The van der Waals surface area contributed by atoms with E-state index in [0.717, 1.165) is 17.2 Å². The third kappa shape index (κ3) is 3.68. The Morgan fingerprint density at radius 1 is 1.26 bits per heavy atom. The van der Waals surface area contributed by atoms with E-state index in [1.165, 1.54) is 6.92 Å². The van der Waals surface area contributed by atoms with Crippen LogP contribution in [0.2, 0.25) is 0 Å². The molecular weight excluding hydrogens is 244 g/mol. The molecule has 0 saturated carbocycles. The van der Waals surface area contributed by atoms with Crippen molar-refractivity contribution in [3.63, 3.8) is 0 Å². The van der Waals surface area contributed by atoms with Crippen molar-refractivity contribution in [3.8, 4) is 5.75 Å². The molecular formula is C15H18O4. The average Bonchev–Trinajstić information content (AvgIpc) is 2.34. The number of rotatable bonds is 5. The summed E-state index contributed by atoms with van der Waals surface area (Å²) < 4.78 is 10.5. The van der Waals surface area contributed by atoms with Crippen LogP contribution in [0.25, 0.3) is 0 Å². The maximum Gasteiger partial charge on any atom is 0.333 e. The molecule has 0 heterocycles. The highest BCUT2D eigenvalue weighted by Gasteiger charge is 2.14. The minimum Gasteiger partial charge on any atom is -0.455 e. The zero-order valence-corrected chi connectivity index (χ0v) is 11.6. The van der Waals surface area contributed by atoms with Crippen molar-refractivity contribution in [1.82, 2.24) is 0 Å². The summed E-state index contributed by atoms with van der Waals surface area (Å²) in [6.07, 6.45) is 0.364. The van der Waals surface area contributed by atoms with Crippen LogP contribution < -0.4 is 4.74 Å². The lowest BCUT2D eigenvalue weighted by Crippen LogP contribution is -2.20. The Balaban J connectivity index is 2.91. The van der Waals surface area contributed by atoms with E-state index in [-0.39, 0.29) is 5.78 Å². The highest BCUT2D eigenvalue weighted by Crippen LogP contribution is 2.25. The summed E-state index contributed by atoms with van der Waals surface area (Å²) in [4.78, 5) is 22.5. The Hall–Kier alpha value is -2.10. The molecule has 0 aliphatic rings. The number of ketones is 1. The number of carbonyl (C=O) groups is 2. The van der Waals surface area contributed by atoms with Gasteiger partial charge in [0.1, 0.15) is 5.75 Å². The summed E-state index contributed by atoms with van der Waals surface area (Å²) in [5, 5.41) is 0. The predicted molar refractivity (Wildman–Crippen MR) is 72.3 cm³/mol. The van der Waals surface area contributed by atoms with E-state index < -0.39 is 12.3 Å². The molecule has 102 valence electrons. The summed E-state index contributed by atoms with van der Waals surface area (Å²) in [6, 6.07) is 3.42. The number of ether oxygens (including phenoxy) is 2. The zero-order valence-electron chi connectivity index (χ0n) is 11.6. The molecule has 1 aromatic rings. The number of hydrogen-bond donors (Lipinski definition) is 0. The van der Waals surface area contributed by atoms with Gasteiger partial charge in [-0.2, -0.15) is 0 Å². The van der Waals surface area contributed by atoms with E-state index in [4.69, 9.17) is 9.47 Å². The molecule has 0 N–H and O–H groups in total. The van der Waals surface area contributed by atoms with E-state index >= 15 is 0 Å². The van der Waals surface area contributed by atoms with Crippen LogP contribution in [-0.4, -0.2) is 18.0 Å². The summed E-state index contributed by atoms with van der Waals surface area (Å²) in [6.45, 7) is 10.2. The Kier molecular flexibility index (Phi) is 4.87. The van der Waals surface area contributed by atoms with Crippen LogP contribution in [0.1, 0.15) is 35.3 Å². The van der Waals surface area contributed by atoms with Gasteiger partial charge in [0.05, 0.1) is 0 Å². The summed E-state index contributed by atoms with van der Waals surface area (Å²) in [5.74, 6) is 0.0624. The second kappa shape index (κ2) is 6.18. The molecule has 19 heavy (non-hydrogen) atoms. The molecule has 0 aliphatic heterocycles. The molecule has 4 nitrogen and oxygen atoms in total. The van der Waals surface area contributed by atoms with Gasteiger partial charge in [-0.1, -0.05) is 6.58 Å². The standard InChI is InChI=1S/C15H18O4/c1-6-15(17)19-12(5)18-14-8-7-13(11(4)16)9(2)10(14)3/h6-8,12H,1H2,2-5H3. The second-order valence-corrected chi connectivity index (χ2v) is 4.24. The highest BCUT2D eigenvalue weighted by molar-refractivity contribution is 5.96. The Morgan fingerprint density at radius 3 is 2.42 bits per heavy atom. The van der Waals surface area contributed by atoms with Crippen LogP contribution in [0.5, 0.6) is 5.75 Å². The first-order chi connectivity index (χ1) is 8.86. The first kappa shape index (κ1) is 15.0. The van der Waals surface area contributed by atoms with Gasteiger partial charge in [0, 0.05) is 18.6 Å². The van der Waals surface area contributed by atoms with Crippen LogP contribution in [0, 0.1) is 13.8 Å². The average molecular weight is 262 g/mol. The smallest absolute Gasteiger partial charge is 0.333 e. The maximum atomic E-state index is 11.4. The fraction of sp³-hybridized carbons (Fsp3) is 0.333. The lowest BCUT2D eigenvalue weighted by molar-refractivity contribution is -0.155. The summed E-state index contributed by atoms with van der Waals surface area (Å²) in [5.41, 5.74) is 2.39. The Bertz CT molecular complexity index is 517. The first-order valence-electron chi connectivity index (χ1n) is 5.97. The second-order valence-electron chi connectivity index (χ2n) is 4.24. The molecule has 0 aromatic heterocycles. The quantitative estimate of drug-likeness (QED) is 0.354. The topological polar surface area (TPSA) is 52.6 Å². The monoisotopic (exact) mass is 262 g/mol. The minimum atomic E-state index is -0.716. The van der Waals surface area contributed by atoms with Crippen molar-refractivity contribution in [2.75, 3.05) is 0 Å².